The van der Waals surface area contributed by atoms with Crippen molar-refractivity contribution >= 4 is 21.7 Å². The van der Waals surface area contributed by atoms with Crippen LogP contribution in [-0.2, 0) is 0 Å². The van der Waals surface area contributed by atoms with Crippen LogP contribution >= 0.6 is 0 Å². The van der Waals surface area contributed by atoms with E-state index in [1.807, 2.05) is 0 Å². The van der Waals surface area contributed by atoms with Crippen LogP contribution in [0.5, 0.6) is 23.0 Å². The number of aromatic hydroxyl groups is 3. The molecule has 1 heterocycles. The Bertz CT molecular complexity index is 939. The van der Waals surface area contributed by atoms with Gasteiger partial charge in [0.15, 0.2) is 11.5 Å². The number of phenolic OH excluding ortho intramolecular Hbond substituents is 3. The van der Waals surface area contributed by atoms with Gasteiger partial charge >= 0.3 is 5.63 Å². The van der Waals surface area contributed by atoms with Gasteiger partial charge in [0.2, 0.25) is 0 Å². The maximum atomic E-state index is 12.0. The Morgan fingerprint density at radius 3 is 2.48 bits per heavy atom. The molecule has 2 aromatic carbocycles. The van der Waals surface area contributed by atoms with Gasteiger partial charge in [-0.3, -0.25) is 0 Å². The first kappa shape index (κ1) is 13.1. The summed E-state index contributed by atoms with van der Waals surface area (Å²) in [5.41, 5.74) is -0.116. The number of phenols is 3. The third kappa shape index (κ3) is 1.76. The van der Waals surface area contributed by atoms with Crippen LogP contribution < -0.4 is 10.4 Å². The maximum absolute atomic E-state index is 12.0. The first-order valence-corrected chi connectivity index (χ1v) is 6.13. The summed E-state index contributed by atoms with van der Waals surface area (Å²) >= 11 is 0. The number of aryl methyl sites for hydroxylation is 1. The van der Waals surface area contributed by atoms with Gasteiger partial charge in [0.05, 0.1) is 7.11 Å². The Labute approximate surface area is 118 Å². The van der Waals surface area contributed by atoms with Crippen molar-refractivity contribution in [2.75, 3.05) is 7.11 Å². The smallest absolute Gasteiger partial charge is 0.347 e. The molecule has 0 amide bonds. The molecule has 6 nitrogen and oxygen atoms in total. The van der Waals surface area contributed by atoms with Crippen molar-refractivity contribution in [1.29, 1.82) is 0 Å². The van der Waals surface area contributed by atoms with E-state index < -0.39 is 5.63 Å². The summed E-state index contributed by atoms with van der Waals surface area (Å²) in [5, 5.41) is 30.3. The number of ether oxygens (including phenoxy) is 1. The van der Waals surface area contributed by atoms with Gasteiger partial charge in [-0.2, -0.15) is 0 Å². The normalized spacial score (nSPS) is 11.1. The fourth-order valence-corrected chi connectivity index (χ4v) is 2.49. The van der Waals surface area contributed by atoms with E-state index in [2.05, 4.69) is 0 Å². The zero-order chi connectivity index (χ0) is 15.3. The summed E-state index contributed by atoms with van der Waals surface area (Å²) in [6.07, 6.45) is 0. The lowest BCUT2D eigenvalue weighted by Crippen LogP contribution is -2.01. The molecule has 3 rings (SSSR count). The van der Waals surface area contributed by atoms with Crippen molar-refractivity contribution in [1.82, 2.24) is 0 Å². The van der Waals surface area contributed by atoms with Gasteiger partial charge in [-0.1, -0.05) is 0 Å². The van der Waals surface area contributed by atoms with Crippen LogP contribution in [-0.4, -0.2) is 22.4 Å². The van der Waals surface area contributed by atoms with E-state index in [1.54, 1.807) is 6.92 Å². The Balaban J connectivity index is 2.66. The van der Waals surface area contributed by atoms with Crippen LogP contribution in [0.25, 0.3) is 21.7 Å². The standard InChI is InChI=1S/C15H12O6/c1-6-12-8-3-7(16)4-9(17)13(8)15(19)21-10(12)5-11(20-2)14(6)18/h3-5,16-18H,1-2H3. The lowest BCUT2D eigenvalue weighted by molar-refractivity contribution is 0.371. The molecule has 1 aromatic heterocycles. The average molecular weight is 288 g/mol. The predicted molar refractivity (Wildman–Crippen MR) is 76.3 cm³/mol. The lowest BCUT2D eigenvalue weighted by Gasteiger charge is -2.11. The predicted octanol–water partition coefficient (Wildman–Crippen LogP) is 2.38. The van der Waals surface area contributed by atoms with Crippen LogP contribution in [0.3, 0.4) is 0 Å². The monoisotopic (exact) mass is 288 g/mol. The molecule has 0 spiro atoms. The minimum atomic E-state index is -0.734. The van der Waals surface area contributed by atoms with Gasteiger partial charge in [-0.15, -0.1) is 0 Å². The Kier molecular flexibility index (Phi) is 2.69. The van der Waals surface area contributed by atoms with Crippen LogP contribution in [0.15, 0.2) is 27.4 Å². The van der Waals surface area contributed by atoms with Gasteiger partial charge < -0.3 is 24.5 Å². The highest BCUT2D eigenvalue weighted by Gasteiger charge is 2.18. The Morgan fingerprint density at radius 2 is 1.81 bits per heavy atom. The Hall–Kier alpha value is -2.89. The summed E-state index contributed by atoms with van der Waals surface area (Å²) in [6.45, 7) is 1.63. The van der Waals surface area contributed by atoms with Crippen LogP contribution in [0.1, 0.15) is 5.56 Å². The second kappa shape index (κ2) is 4.31. The maximum Gasteiger partial charge on any atom is 0.347 e. The Morgan fingerprint density at radius 1 is 1.10 bits per heavy atom. The van der Waals surface area contributed by atoms with E-state index in [4.69, 9.17) is 9.15 Å². The van der Waals surface area contributed by atoms with Crippen molar-refractivity contribution in [3.8, 4) is 23.0 Å². The molecule has 0 aliphatic heterocycles. The highest BCUT2D eigenvalue weighted by molar-refractivity contribution is 6.09. The second-order valence-electron chi connectivity index (χ2n) is 4.70. The fourth-order valence-electron chi connectivity index (χ4n) is 2.49. The first-order chi connectivity index (χ1) is 9.93. The SMILES string of the molecule is COc1cc2oc(=O)c3c(O)cc(O)cc3c2c(C)c1O. The third-order valence-electron chi connectivity index (χ3n) is 3.47. The van der Waals surface area contributed by atoms with E-state index >= 15 is 0 Å². The summed E-state index contributed by atoms with van der Waals surface area (Å²) in [5.74, 6) is -0.494. The summed E-state index contributed by atoms with van der Waals surface area (Å²) in [4.78, 5) is 12.0. The molecule has 108 valence electrons. The van der Waals surface area contributed by atoms with Gasteiger partial charge in [0, 0.05) is 28.5 Å². The summed E-state index contributed by atoms with van der Waals surface area (Å²) in [6, 6.07) is 3.79. The molecule has 0 unspecified atom stereocenters. The van der Waals surface area contributed by atoms with Gasteiger partial charge in [0.25, 0.3) is 0 Å². The van der Waals surface area contributed by atoms with Gasteiger partial charge in [-0.25, -0.2) is 4.79 Å². The largest absolute Gasteiger partial charge is 0.508 e. The molecular weight excluding hydrogens is 276 g/mol. The highest BCUT2D eigenvalue weighted by atomic mass is 16.5. The molecule has 0 bridgehead atoms. The number of rotatable bonds is 1. The third-order valence-corrected chi connectivity index (χ3v) is 3.47. The molecule has 0 saturated heterocycles. The quantitative estimate of drug-likeness (QED) is 0.469. The van der Waals surface area contributed by atoms with Crippen molar-refractivity contribution in [2.24, 2.45) is 0 Å². The van der Waals surface area contributed by atoms with E-state index in [0.29, 0.717) is 16.3 Å². The fraction of sp³-hybridized carbons (Fsp3) is 0.133. The van der Waals surface area contributed by atoms with Crippen molar-refractivity contribution < 1.29 is 24.5 Å². The average Bonchev–Trinajstić information content (AvgIpc) is 2.41. The van der Waals surface area contributed by atoms with E-state index in [-0.39, 0.29) is 34.0 Å². The molecule has 0 saturated carbocycles. The second-order valence-corrected chi connectivity index (χ2v) is 4.70. The minimum absolute atomic E-state index is 0.0482. The van der Waals surface area contributed by atoms with Crippen LogP contribution in [0, 0.1) is 6.92 Å². The molecule has 21 heavy (non-hydrogen) atoms. The van der Waals surface area contributed by atoms with Gasteiger partial charge in [-0.05, 0) is 13.0 Å². The van der Waals surface area contributed by atoms with Crippen LogP contribution in [0.4, 0.5) is 0 Å². The van der Waals surface area contributed by atoms with Crippen LogP contribution in [0.2, 0.25) is 0 Å². The van der Waals surface area contributed by atoms with E-state index in [9.17, 15) is 20.1 Å². The number of hydrogen-bond donors (Lipinski definition) is 3. The van der Waals surface area contributed by atoms with Crippen molar-refractivity contribution in [3.63, 3.8) is 0 Å². The molecule has 0 atom stereocenters. The molecule has 0 fully saturated rings. The molecule has 0 radical (unpaired) electrons. The zero-order valence-electron chi connectivity index (χ0n) is 11.3. The molecule has 6 heteroatoms. The number of methoxy groups -OCH3 is 1. The summed E-state index contributed by atoms with van der Waals surface area (Å²) < 4.78 is 10.2. The zero-order valence-corrected chi connectivity index (χ0v) is 11.3. The molecular formula is C15H12O6. The number of fused-ring (bicyclic) bond motifs is 3. The lowest BCUT2D eigenvalue weighted by atomic mass is 10.0. The number of hydrogen-bond acceptors (Lipinski definition) is 6. The molecule has 3 N–H and O–H groups in total. The molecule has 0 aliphatic rings. The molecule has 3 aromatic rings. The minimum Gasteiger partial charge on any atom is -0.508 e. The van der Waals surface area contributed by atoms with Crippen molar-refractivity contribution in [2.45, 2.75) is 6.92 Å². The molecule has 0 aliphatic carbocycles. The summed E-state index contributed by atoms with van der Waals surface area (Å²) in [7, 11) is 1.39. The highest BCUT2D eigenvalue weighted by Crippen LogP contribution is 2.40. The van der Waals surface area contributed by atoms with Crippen molar-refractivity contribution in [3.05, 3.63) is 34.2 Å². The van der Waals surface area contributed by atoms with Gasteiger partial charge in [0.1, 0.15) is 22.5 Å². The number of benzene rings is 2. The van der Waals surface area contributed by atoms with E-state index in [0.717, 1.165) is 6.07 Å². The van der Waals surface area contributed by atoms with E-state index in [1.165, 1.54) is 19.2 Å². The first-order valence-electron chi connectivity index (χ1n) is 6.13. The topological polar surface area (TPSA) is 100 Å².